The van der Waals surface area contributed by atoms with Gasteiger partial charge in [0.1, 0.15) is 5.69 Å². The highest BCUT2D eigenvalue weighted by Gasteiger charge is 2.18. The summed E-state index contributed by atoms with van der Waals surface area (Å²) < 4.78 is 0. The molecule has 0 N–H and O–H groups in total. The average Bonchev–Trinajstić information content (AvgIpc) is 2.67. The highest BCUT2D eigenvalue weighted by atomic mass is 15.1. The first-order valence-electron chi connectivity index (χ1n) is 8.96. The maximum Gasteiger partial charge on any atom is 0.101 e. The molecule has 0 bridgehead atoms. The highest BCUT2D eigenvalue weighted by Crippen LogP contribution is 2.37. The molecule has 3 aromatic carbocycles. The van der Waals surface area contributed by atoms with Gasteiger partial charge in [-0.3, -0.25) is 0 Å². The number of fused-ring (bicyclic) bond motifs is 1. The molecule has 0 amide bonds. The molecule has 4 aromatic rings. The Balaban J connectivity index is 2.09. The first kappa shape index (κ1) is 16.5. The van der Waals surface area contributed by atoms with E-state index in [4.69, 9.17) is 0 Å². The van der Waals surface area contributed by atoms with Crippen LogP contribution in [0.25, 0.3) is 33.3 Å². The second kappa shape index (κ2) is 6.38. The van der Waals surface area contributed by atoms with Crippen LogP contribution in [-0.2, 0) is 5.41 Å². The molecule has 0 saturated carbocycles. The van der Waals surface area contributed by atoms with Gasteiger partial charge in [0.25, 0.3) is 0 Å². The number of aromatic nitrogens is 2. The van der Waals surface area contributed by atoms with E-state index >= 15 is 0 Å². The molecule has 0 unspecified atom stereocenters. The van der Waals surface area contributed by atoms with Crippen molar-refractivity contribution in [2.45, 2.75) is 26.2 Å². The van der Waals surface area contributed by atoms with Gasteiger partial charge in [0, 0.05) is 16.5 Å². The zero-order valence-corrected chi connectivity index (χ0v) is 15.4. The van der Waals surface area contributed by atoms with Crippen LogP contribution < -0.4 is 0 Å². The Morgan fingerprint density at radius 1 is 0.654 bits per heavy atom. The van der Waals surface area contributed by atoms with Crippen molar-refractivity contribution in [3.8, 4) is 22.4 Å². The number of benzene rings is 3. The summed E-state index contributed by atoms with van der Waals surface area (Å²) in [7, 11) is 0. The van der Waals surface area contributed by atoms with Gasteiger partial charge in [-0.25, -0.2) is 0 Å². The lowest BCUT2D eigenvalue weighted by atomic mass is 9.85. The Morgan fingerprint density at radius 2 is 1.27 bits per heavy atom. The van der Waals surface area contributed by atoms with E-state index in [0.717, 1.165) is 33.3 Å². The maximum absolute atomic E-state index is 4.60. The molecule has 0 aliphatic heterocycles. The molecule has 1 heterocycles. The lowest BCUT2D eigenvalue weighted by Gasteiger charge is -2.20. The minimum atomic E-state index is 0.0817. The number of rotatable bonds is 2. The van der Waals surface area contributed by atoms with Crippen molar-refractivity contribution in [2.24, 2.45) is 0 Å². The van der Waals surface area contributed by atoms with Gasteiger partial charge in [-0.05, 0) is 28.7 Å². The van der Waals surface area contributed by atoms with Gasteiger partial charge in [0.2, 0.25) is 0 Å². The largest absolute Gasteiger partial charge is 0.150 e. The predicted molar refractivity (Wildman–Crippen MR) is 109 cm³/mol. The molecular formula is C24H22N2. The quantitative estimate of drug-likeness (QED) is 0.431. The van der Waals surface area contributed by atoms with Gasteiger partial charge < -0.3 is 0 Å². The van der Waals surface area contributed by atoms with Crippen molar-refractivity contribution in [1.82, 2.24) is 10.2 Å². The normalized spacial score (nSPS) is 11.7. The molecule has 2 heteroatoms. The molecule has 0 atom stereocenters. The molecule has 1 aromatic heterocycles. The molecule has 0 aliphatic rings. The SMILES string of the molecule is CC(C)(C)c1ccc2nnc(-c3ccccc3)c(-c3ccccc3)c2c1. The third kappa shape index (κ3) is 2.99. The number of hydrogen-bond donors (Lipinski definition) is 0. The molecule has 2 nitrogen and oxygen atoms in total. The third-order valence-electron chi connectivity index (χ3n) is 4.74. The van der Waals surface area contributed by atoms with Crippen LogP contribution in [0.4, 0.5) is 0 Å². The summed E-state index contributed by atoms with van der Waals surface area (Å²) in [6, 6.07) is 27.3. The molecule has 0 fully saturated rings. The fraction of sp³-hybridized carbons (Fsp3) is 0.167. The average molecular weight is 338 g/mol. The van der Waals surface area contributed by atoms with Gasteiger partial charge in [0.15, 0.2) is 0 Å². The zero-order valence-electron chi connectivity index (χ0n) is 15.4. The summed E-state index contributed by atoms with van der Waals surface area (Å²) in [5.74, 6) is 0. The summed E-state index contributed by atoms with van der Waals surface area (Å²) in [4.78, 5) is 0. The summed E-state index contributed by atoms with van der Waals surface area (Å²) >= 11 is 0. The van der Waals surface area contributed by atoms with Crippen LogP contribution in [0, 0.1) is 0 Å². The van der Waals surface area contributed by atoms with E-state index in [0.29, 0.717) is 0 Å². The molecule has 0 radical (unpaired) electrons. The maximum atomic E-state index is 4.60. The van der Waals surface area contributed by atoms with Crippen LogP contribution in [0.2, 0.25) is 0 Å². The lowest BCUT2D eigenvalue weighted by molar-refractivity contribution is 0.591. The first-order chi connectivity index (χ1) is 12.5. The molecule has 26 heavy (non-hydrogen) atoms. The van der Waals surface area contributed by atoms with E-state index in [1.807, 2.05) is 24.3 Å². The van der Waals surface area contributed by atoms with Crippen LogP contribution in [0.1, 0.15) is 26.3 Å². The van der Waals surface area contributed by atoms with Gasteiger partial charge >= 0.3 is 0 Å². The third-order valence-corrected chi connectivity index (χ3v) is 4.74. The predicted octanol–water partition coefficient (Wildman–Crippen LogP) is 6.26. The minimum Gasteiger partial charge on any atom is -0.150 e. The topological polar surface area (TPSA) is 25.8 Å². The van der Waals surface area contributed by atoms with E-state index in [-0.39, 0.29) is 5.41 Å². The molecule has 0 aliphatic carbocycles. The van der Waals surface area contributed by atoms with E-state index in [9.17, 15) is 0 Å². The van der Waals surface area contributed by atoms with Crippen LogP contribution in [-0.4, -0.2) is 10.2 Å². The zero-order chi connectivity index (χ0) is 18.1. The minimum absolute atomic E-state index is 0.0817. The monoisotopic (exact) mass is 338 g/mol. The van der Waals surface area contributed by atoms with Crippen molar-refractivity contribution in [3.05, 3.63) is 84.4 Å². The van der Waals surface area contributed by atoms with Crippen LogP contribution in [0.5, 0.6) is 0 Å². The van der Waals surface area contributed by atoms with Crippen LogP contribution in [0.3, 0.4) is 0 Å². The smallest absolute Gasteiger partial charge is 0.101 e. The van der Waals surface area contributed by atoms with E-state index in [2.05, 4.69) is 85.6 Å². The summed E-state index contributed by atoms with van der Waals surface area (Å²) in [5, 5.41) is 10.3. The molecule has 4 rings (SSSR count). The Morgan fingerprint density at radius 3 is 1.88 bits per heavy atom. The summed E-state index contributed by atoms with van der Waals surface area (Å²) in [6.07, 6.45) is 0. The van der Waals surface area contributed by atoms with Gasteiger partial charge in [-0.2, -0.15) is 0 Å². The second-order valence-electron chi connectivity index (χ2n) is 7.64. The number of hydrogen-bond acceptors (Lipinski definition) is 2. The van der Waals surface area contributed by atoms with Crippen molar-refractivity contribution in [2.75, 3.05) is 0 Å². The van der Waals surface area contributed by atoms with Crippen molar-refractivity contribution >= 4 is 10.9 Å². The fourth-order valence-corrected chi connectivity index (χ4v) is 3.27. The molecular weight excluding hydrogens is 316 g/mol. The summed E-state index contributed by atoms with van der Waals surface area (Å²) in [5.41, 5.74) is 6.63. The Kier molecular flexibility index (Phi) is 4.04. The Bertz CT molecular complexity index is 1050. The summed E-state index contributed by atoms with van der Waals surface area (Å²) in [6.45, 7) is 6.72. The first-order valence-corrected chi connectivity index (χ1v) is 8.96. The molecule has 0 spiro atoms. The lowest BCUT2D eigenvalue weighted by Crippen LogP contribution is -2.11. The Labute approximate surface area is 154 Å². The van der Waals surface area contributed by atoms with E-state index in [1.54, 1.807) is 0 Å². The van der Waals surface area contributed by atoms with E-state index in [1.165, 1.54) is 5.56 Å². The van der Waals surface area contributed by atoms with Gasteiger partial charge in [0.05, 0.1) is 5.52 Å². The van der Waals surface area contributed by atoms with Crippen LogP contribution in [0.15, 0.2) is 78.9 Å². The van der Waals surface area contributed by atoms with Crippen molar-refractivity contribution in [3.63, 3.8) is 0 Å². The van der Waals surface area contributed by atoms with E-state index < -0.39 is 0 Å². The van der Waals surface area contributed by atoms with Crippen molar-refractivity contribution < 1.29 is 0 Å². The van der Waals surface area contributed by atoms with Crippen molar-refractivity contribution in [1.29, 1.82) is 0 Å². The highest BCUT2D eigenvalue weighted by molar-refractivity contribution is 6.01. The standard InChI is InChI=1S/C24H22N2/c1-24(2,3)19-14-15-21-20(16-19)22(17-10-6-4-7-11-17)23(26-25-21)18-12-8-5-9-13-18/h4-16H,1-3H3. The number of nitrogens with zero attached hydrogens (tertiary/aromatic N) is 2. The molecule has 0 saturated heterocycles. The Hall–Kier alpha value is -3.00. The van der Waals surface area contributed by atoms with Crippen LogP contribution >= 0.6 is 0 Å². The van der Waals surface area contributed by atoms with Gasteiger partial charge in [-0.15, -0.1) is 10.2 Å². The second-order valence-corrected chi connectivity index (χ2v) is 7.64. The fourth-order valence-electron chi connectivity index (χ4n) is 3.27. The molecule has 128 valence electrons. The van der Waals surface area contributed by atoms with Gasteiger partial charge in [-0.1, -0.05) is 87.5 Å².